The van der Waals surface area contributed by atoms with Crippen LogP contribution in [-0.4, -0.2) is 16.1 Å². The summed E-state index contributed by atoms with van der Waals surface area (Å²) in [7, 11) is 0. The van der Waals surface area contributed by atoms with Gasteiger partial charge in [0.25, 0.3) is 5.56 Å². The molecule has 0 amide bonds. The van der Waals surface area contributed by atoms with Crippen molar-refractivity contribution in [2.75, 3.05) is 5.88 Å². The van der Waals surface area contributed by atoms with E-state index in [2.05, 4.69) is 22.0 Å². The highest BCUT2D eigenvalue weighted by atomic mass is 35.5. The fraction of sp³-hybridized carbons (Fsp3) is 0.167. The van der Waals surface area contributed by atoms with Crippen LogP contribution >= 0.6 is 11.6 Å². The van der Waals surface area contributed by atoms with Gasteiger partial charge in [0, 0.05) is 23.3 Å². The molecule has 4 heteroatoms. The van der Waals surface area contributed by atoms with Crippen LogP contribution < -0.4 is 5.56 Å². The van der Waals surface area contributed by atoms with Gasteiger partial charge in [0.2, 0.25) is 0 Å². The van der Waals surface area contributed by atoms with Gasteiger partial charge in [0.05, 0.1) is 11.6 Å². The molecular weight excluding hydrogens is 224 g/mol. The fourth-order valence-electron chi connectivity index (χ4n) is 1.39. The quantitative estimate of drug-likeness (QED) is 0.603. The van der Waals surface area contributed by atoms with Gasteiger partial charge in [-0.3, -0.25) is 4.79 Å². The van der Waals surface area contributed by atoms with Gasteiger partial charge >= 0.3 is 0 Å². The van der Waals surface area contributed by atoms with Crippen molar-refractivity contribution in [3.05, 3.63) is 40.3 Å². The third-order valence-corrected chi connectivity index (χ3v) is 2.31. The molecule has 2 aromatic rings. The predicted molar refractivity (Wildman–Crippen MR) is 64.6 cm³/mol. The number of benzene rings is 1. The third-order valence-electron chi connectivity index (χ3n) is 2.12. The average Bonchev–Trinajstić information content (AvgIpc) is 2.30. The molecule has 2 rings (SSSR count). The van der Waals surface area contributed by atoms with Gasteiger partial charge in [0.15, 0.2) is 0 Å². The monoisotopic (exact) mass is 232 g/mol. The molecule has 0 saturated carbocycles. The van der Waals surface area contributed by atoms with Gasteiger partial charge in [-0.2, -0.15) is 5.10 Å². The molecule has 1 aromatic heterocycles. The lowest BCUT2D eigenvalue weighted by molar-refractivity contribution is 1.01. The average molecular weight is 233 g/mol. The highest BCUT2D eigenvalue weighted by molar-refractivity contribution is 6.18. The number of hydrogen-bond donors (Lipinski definition) is 1. The number of H-pyrrole nitrogens is 1. The summed E-state index contributed by atoms with van der Waals surface area (Å²) in [6.07, 6.45) is 2.27. The summed E-state index contributed by atoms with van der Waals surface area (Å²) in [6, 6.07) is 5.41. The number of aromatic amines is 1. The molecule has 3 nitrogen and oxygen atoms in total. The number of aromatic nitrogens is 2. The zero-order chi connectivity index (χ0) is 11.4. The molecule has 0 bridgehead atoms. The number of alkyl halides is 1. The lowest BCUT2D eigenvalue weighted by Crippen LogP contribution is -2.07. The molecule has 1 aromatic carbocycles. The number of nitrogens with one attached hydrogen (secondary N) is 1. The van der Waals surface area contributed by atoms with Crippen molar-refractivity contribution in [1.29, 1.82) is 0 Å². The van der Waals surface area contributed by atoms with Crippen LogP contribution in [0.4, 0.5) is 0 Å². The summed E-state index contributed by atoms with van der Waals surface area (Å²) < 4.78 is 0. The minimum atomic E-state index is -0.183. The van der Waals surface area contributed by atoms with Gasteiger partial charge in [-0.1, -0.05) is 11.8 Å². The van der Waals surface area contributed by atoms with Crippen LogP contribution in [0.25, 0.3) is 10.8 Å². The van der Waals surface area contributed by atoms with Gasteiger partial charge in [0.1, 0.15) is 0 Å². The molecular formula is C12H9ClN2O. The molecule has 0 aliphatic carbocycles. The molecule has 0 saturated heterocycles. The van der Waals surface area contributed by atoms with Crippen molar-refractivity contribution in [3.63, 3.8) is 0 Å². The van der Waals surface area contributed by atoms with E-state index in [-0.39, 0.29) is 5.56 Å². The summed E-state index contributed by atoms with van der Waals surface area (Å²) in [5, 5.41) is 7.55. The van der Waals surface area contributed by atoms with Crippen LogP contribution in [0.1, 0.15) is 12.0 Å². The van der Waals surface area contributed by atoms with E-state index in [1.54, 1.807) is 12.3 Å². The van der Waals surface area contributed by atoms with E-state index in [9.17, 15) is 4.79 Å². The summed E-state index contributed by atoms with van der Waals surface area (Å²) in [4.78, 5) is 11.4. The highest BCUT2D eigenvalue weighted by Crippen LogP contribution is 2.09. The van der Waals surface area contributed by atoms with Crippen molar-refractivity contribution in [3.8, 4) is 11.8 Å². The Hall–Kier alpha value is -1.79. The van der Waals surface area contributed by atoms with E-state index < -0.39 is 0 Å². The number of rotatable bonds is 1. The van der Waals surface area contributed by atoms with Crippen molar-refractivity contribution >= 4 is 22.4 Å². The van der Waals surface area contributed by atoms with E-state index in [0.29, 0.717) is 17.7 Å². The van der Waals surface area contributed by atoms with Crippen LogP contribution in [0.2, 0.25) is 0 Å². The molecule has 0 aliphatic rings. The Morgan fingerprint density at radius 2 is 2.31 bits per heavy atom. The van der Waals surface area contributed by atoms with Gasteiger partial charge in [-0.15, -0.1) is 11.6 Å². The van der Waals surface area contributed by atoms with Crippen LogP contribution in [0.5, 0.6) is 0 Å². The molecule has 0 fully saturated rings. The summed E-state index contributed by atoms with van der Waals surface area (Å²) >= 11 is 5.53. The number of hydrogen-bond acceptors (Lipinski definition) is 2. The zero-order valence-corrected chi connectivity index (χ0v) is 9.21. The van der Waals surface area contributed by atoms with E-state index in [1.165, 1.54) is 0 Å². The maximum Gasteiger partial charge on any atom is 0.272 e. The van der Waals surface area contributed by atoms with Crippen LogP contribution in [0, 0.1) is 11.8 Å². The van der Waals surface area contributed by atoms with Crippen molar-refractivity contribution in [2.24, 2.45) is 0 Å². The van der Waals surface area contributed by atoms with E-state index in [1.807, 2.05) is 12.1 Å². The van der Waals surface area contributed by atoms with Crippen LogP contribution in [0.3, 0.4) is 0 Å². The van der Waals surface area contributed by atoms with Crippen LogP contribution in [0.15, 0.2) is 29.2 Å². The fourth-order valence-corrected chi connectivity index (χ4v) is 1.48. The van der Waals surface area contributed by atoms with E-state index >= 15 is 0 Å². The summed E-state index contributed by atoms with van der Waals surface area (Å²) in [5.41, 5.74) is 0.683. The summed E-state index contributed by atoms with van der Waals surface area (Å²) in [5.74, 6) is 6.45. The Kier molecular flexibility index (Phi) is 3.23. The first-order valence-corrected chi connectivity index (χ1v) is 5.37. The second-order valence-corrected chi connectivity index (χ2v) is 3.62. The Balaban J connectivity index is 2.46. The van der Waals surface area contributed by atoms with Gasteiger partial charge < -0.3 is 0 Å². The Bertz CT molecular complexity index is 622. The molecule has 0 unspecified atom stereocenters. The van der Waals surface area contributed by atoms with Crippen LogP contribution in [-0.2, 0) is 0 Å². The number of fused-ring (bicyclic) bond motifs is 1. The standard InChI is InChI=1S/C12H9ClN2O/c13-6-2-1-3-9-4-5-11-10(7-9)8-14-15-12(11)16/h4-5,7-8H,2,6H2,(H,15,16). The first kappa shape index (κ1) is 10.7. The molecule has 1 heterocycles. The second kappa shape index (κ2) is 4.82. The lowest BCUT2D eigenvalue weighted by atomic mass is 10.1. The first-order chi connectivity index (χ1) is 7.81. The van der Waals surface area contributed by atoms with E-state index in [4.69, 9.17) is 11.6 Å². The van der Waals surface area contributed by atoms with Crippen molar-refractivity contribution < 1.29 is 0 Å². The molecule has 1 N–H and O–H groups in total. The molecule has 0 spiro atoms. The van der Waals surface area contributed by atoms with E-state index in [0.717, 1.165) is 10.9 Å². The third kappa shape index (κ3) is 2.23. The molecule has 0 aliphatic heterocycles. The topological polar surface area (TPSA) is 45.8 Å². The molecule has 0 atom stereocenters. The second-order valence-electron chi connectivity index (χ2n) is 3.24. The smallest absolute Gasteiger partial charge is 0.267 e. The number of nitrogens with zero attached hydrogens (tertiary/aromatic N) is 1. The minimum Gasteiger partial charge on any atom is -0.267 e. The summed E-state index contributed by atoms with van der Waals surface area (Å²) in [6.45, 7) is 0. The first-order valence-electron chi connectivity index (χ1n) is 4.83. The Morgan fingerprint density at radius 1 is 1.44 bits per heavy atom. The van der Waals surface area contributed by atoms with Crippen molar-refractivity contribution in [1.82, 2.24) is 10.2 Å². The Morgan fingerprint density at radius 3 is 3.12 bits per heavy atom. The normalized spacial score (nSPS) is 9.81. The molecule has 16 heavy (non-hydrogen) atoms. The number of halogens is 1. The lowest BCUT2D eigenvalue weighted by Gasteiger charge is -1.95. The SMILES string of the molecule is O=c1[nH]ncc2cc(C#CCCCl)ccc12. The zero-order valence-electron chi connectivity index (χ0n) is 8.46. The van der Waals surface area contributed by atoms with Gasteiger partial charge in [-0.05, 0) is 18.2 Å². The van der Waals surface area contributed by atoms with Gasteiger partial charge in [-0.25, -0.2) is 5.10 Å². The maximum atomic E-state index is 11.4. The predicted octanol–water partition coefficient (Wildman–Crippen LogP) is 1.90. The highest BCUT2D eigenvalue weighted by Gasteiger charge is 1.98. The molecule has 0 radical (unpaired) electrons. The largest absolute Gasteiger partial charge is 0.272 e. The maximum absolute atomic E-state index is 11.4. The molecule has 80 valence electrons. The minimum absolute atomic E-state index is 0.183. The Labute approximate surface area is 97.4 Å². The van der Waals surface area contributed by atoms with Crippen molar-refractivity contribution in [2.45, 2.75) is 6.42 Å².